The minimum absolute atomic E-state index is 0.665. The first kappa shape index (κ1) is 18.3. The van der Waals surface area contributed by atoms with Gasteiger partial charge in [-0.2, -0.15) is 5.26 Å². The maximum Gasteiger partial charge on any atom is 0.0995 e. The lowest BCUT2D eigenvalue weighted by Crippen LogP contribution is -2.32. The minimum Gasteiger partial charge on any atom is -0.366 e. The van der Waals surface area contributed by atoms with Crippen molar-refractivity contribution in [2.24, 2.45) is 0 Å². The van der Waals surface area contributed by atoms with E-state index in [0.717, 1.165) is 30.9 Å². The summed E-state index contributed by atoms with van der Waals surface area (Å²) in [6.45, 7) is 5.70. The molecule has 0 unspecified atom stereocenters. The SMILES string of the molecule is CCCCNCCN(Cc1cc(Cl)ccc1C#N)c1ccccc1. The molecule has 0 aromatic heterocycles. The number of anilines is 1. The van der Waals surface area contributed by atoms with Crippen LogP contribution in [0.25, 0.3) is 0 Å². The molecule has 0 saturated carbocycles. The zero-order chi connectivity index (χ0) is 17.2. The first-order valence-corrected chi connectivity index (χ1v) is 8.81. The van der Waals surface area contributed by atoms with E-state index in [-0.39, 0.29) is 0 Å². The van der Waals surface area contributed by atoms with Gasteiger partial charge < -0.3 is 10.2 Å². The van der Waals surface area contributed by atoms with Crippen LogP contribution in [0.1, 0.15) is 30.9 Å². The molecule has 0 bridgehead atoms. The smallest absolute Gasteiger partial charge is 0.0995 e. The zero-order valence-corrected chi connectivity index (χ0v) is 14.9. The summed E-state index contributed by atoms with van der Waals surface area (Å²) < 4.78 is 0. The Kier molecular flexibility index (Phi) is 7.61. The van der Waals surface area contributed by atoms with E-state index >= 15 is 0 Å². The monoisotopic (exact) mass is 341 g/mol. The van der Waals surface area contributed by atoms with E-state index in [4.69, 9.17) is 11.6 Å². The molecule has 3 nitrogen and oxygen atoms in total. The lowest BCUT2D eigenvalue weighted by Gasteiger charge is -2.26. The van der Waals surface area contributed by atoms with Gasteiger partial charge in [0.2, 0.25) is 0 Å². The molecule has 2 aromatic carbocycles. The third kappa shape index (κ3) is 5.56. The van der Waals surface area contributed by atoms with Gasteiger partial charge in [0.15, 0.2) is 0 Å². The third-order valence-corrected chi connectivity index (χ3v) is 4.17. The average molecular weight is 342 g/mol. The third-order valence-electron chi connectivity index (χ3n) is 3.94. The number of unbranched alkanes of at least 4 members (excludes halogenated alkanes) is 1. The van der Waals surface area contributed by atoms with E-state index in [1.54, 1.807) is 12.1 Å². The Morgan fingerprint density at radius 2 is 1.92 bits per heavy atom. The molecule has 0 amide bonds. The van der Waals surface area contributed by atoms with Gasteiger partial charge in [-0.1, -0.05) is 43.1 Å². The summed E-state index contributed by atoms with van der Waals surface area (Å²) in [4.78, 5) is 2.28. The van der Waals surface area contributed by atoms with E-state index in [1.165, 1.54) is 12.8 Å². The topological polar surface area (TPSA) is 39.1 Å². The number of halogens is 1. The van der Waals surface area contributed by atoms with Gasteiger partial charge in [0, 0.05) is 30.3 Å². The summed E-state index contributed by atoms with van der Waals surface area (Å²) >= 11 is 6.12. The number of para-hydroxylation sites is 1. The highest BCUT2D eigenvalue weighted by molar-refractivity contribution is 6.30. The van der Waals surface area contributed by atoms with E-state index in [1.807, 2.05) is 24.3 Å². The van der Waals surface area contributed by atoms with Crippen LogP contribution in [-0.4, -0.2) is 19.6 Å². The number of nitrogens with one attached hydrogen (secondary N) is 1. The number of nitrogens with zero attached hydrogens (tertiary/aromatic N) is 2. The van der Waals surface area contributed by atoms with Crippen molar-refractivity contribution in [1.29, 1.82) is 5.26 Å². The van der Waals surface area contributed by atoms with Crippen molar-refractivity contribution in [2.75, 3.05) is 24.5 Å². The van der Waals surface area contributed by atoms with Crippen molar-refractivity contribution in [3.63, 3.8) is 0 Å². The molecule has 1 N–H and O–H groups in total. The van der Waals surface area contributed by atoms with Crippen molar-refractivity contribution in [1.82, 2.24) is 5.32 Å². The molecule has 0 aliphatic carbocycles. The highest BCUT2D eigenvalue weighted by Crippen LogP contribution is 2.21. The van der Waals surface area contributed by atoms with Gasteiger partial charge in [-0.25, -0.2) is 0 Å². The normalized spacial score (nSPS) is 10.4. The second-order valence-electron chi connectivity index (χ2n) is 5.77. The largest absolute Gasteiger partial charge is 0.366 e. The first-order valence-electron chi connectivity index (χ1n) is 8.44. The molecule has 0 heterocycles. The molecule has 2 aromatic rings. The Bertz CT molecular complexity index is 664. The highest BCUT2D eigenvalue weighted by atomic mass is 35.5. The Hall–Kier alpha value is -2.02. The summed E-state index contributed by atoms with van der Waals surface area (Å²) in [6.07, 6.45) is 2.39. The van der Waals surface area contributed by atoms with E-state index in [0.29, 0.717) is 17.1 Å². The van der Waals surface area contributed by atoms with Gasteiger partial charge in [0.25, 0.3) is 0 Å². The van der Waals surface area contributed by atoms with Crippen molar-refractivity contribution in [3.05, 3.63) is 64.7 Å². The van der Waals surface area contributed by atoms with Crippen LogP contribution < -0.4 is 10.2 Å². The Morgan fingerprint density at radius 3 is 2.62 bits per heavy atom. The lowest BCUT2D eigenvalue weighted by atomic mass is 10.1. The molecular formula is C20H24ClN3. The molecular weight excluding hydrogens is 318 g/mol. The van der Waals surface area contributed by atoms with Crippen LogP contribution in [0.3, 0.4) is 0 Å². The van der Waals surface area contributed by atoms with Crippen LogP contribution in [0, 0.1) is 11.3 Å². The standard InChI is InChI=1S/C20H24ClN3/c1-2-3-11-23-12-13-24(20-7-5-4-6-8-20)16-18-14-19(21)10-9-17(18)15-22/h4-10,14,23H,2-3,11-13,16H2,1H3. The zero-order valence-electron chi connectivity index (χ0n) is 14.1. The number of benzene rings is 2. The molecule has 126 valence electrons. The molecule has 0 atom stereocenters. The fourth-order valence-electron chi connectivity index (χ4n) is 2.59. The molecule has 24 heavy (non-hydrogen) atoms. The van der Waals surface area contributed by atoms with Gasteiger partial charge in [0.1, 0.15) is 0 Å². The van der Waals surface area contributed by atoms with Crippen LogP contribution in [0.2, 0.25) is 5.02 Å². The van der Waals surface area contributed by atoms with Gasteiger partial charge in [-0.15, -0.1) is 0 Å². The highest BCUT2D eigenvalue weighted by Gasteiger charge is 2.10. The van der Waals surface area contributed by atoms with Crippen LogP contribution in [0.15, 0.2) is 48.5 Å². The second-order valence-corrected chi connectivity index (χ2v) is 6.21. The van der Waals surface area contributed by atoms with Crippen LogP contribution >= 0.6 is 11.6 Å². The molecule has 2 rings (SSSR count). The van der Waals surface area contributed by atoms with Crippen molar-refractivity contribution < 1.29 is 0 Å². The molecule has 0 saturated heterocycles. The fourth-order valence-corrected chi connectivity index (χ4v) is 2.78. The Balaban J connectivity index is 2.11. The molecule has 0 spiro atoms. The van der Waals surface area contributed by atoms with Crippen molar-refractivity contribution in [2.45, 2.75) is 26.3 Å². The molecule has 0 fully saturated rings. The quantitative estimate of drug-likeness (QED) is 0.677. The predicted octanol–water partition coefficient (Wildman–Crippen LogP) is 4.61. The molecule has 4 heteroatoms. The van der Waals surface area contributed by atoms with E-state index in [9.17, 15) is 5.26 Å². The van der Waals surface area contributed by atoms with Gasteiger partial charge in [-0.3, -0.25) is 0 Å². The van der Waals surface area contributed by atoms with E-state index < -0.39 is 0 Å². The number of rotatable bonds is 9. The Labute approximate surface area is 149 Å². The summed E-state index contributed by atoms with van der Waals surface area (Å²) in [5, 5.41) is 13.5. The van der Waals surface area contributed by atoms with Gasteiger partial charge in [-0.05, 0) is 48.9 Å². The predicted molar refractivity (Wildman–Crippen MR) is 101 cm³/mol. The molecule has 0 aliphatic rings. The van der Waals surface area contributed by atoms with Crippen LogP contribution in [0.5, 0.6) is 0 Å². The van der Waals surface area contributed by atoms with Crippen molar-refractivity contribution >= 4 is 17.3 Å². The lowest BCUT2D eigenvalue weighted by molar-refractivity contribution is 0.625. The summed E-state index contributed by atoms with van der Waals surface area (Å²) in [7, 11) is 0. The first-order chi connectivity index (χ1) is 11.7. The van der Waals surface area contributed by atoms with Crippen LogP contribution in [0.4, 0.5) is 5.69 Å². The van der Waals surface area contributed by atoms with Crippen molar-refractivity contribution in [3.8, 4) is 6.07 Å². The maximum atomic E-state index is 9.34. The molecule has 0 radical (unpaired) electrons. The summed E-state index contributed by atoms with van der Waals surface area (Å²) in [5.74, 6) is 0. The van der Waals surface area contributed by atoms with Crippen LogP contribution in [-0.2, 0) is 6.54 Å². The van der Waals surface area contributed by atoms with E-state index in [2.05, 4.69) is 35.3 Å². The number of nitriles is 1. The Morgan fingerprint density at radius 1 is 1.12 bits per heavy atom. The fraction of sp³-hybridized carbons (Fsp3) is 0.350. The number of hydrogen-bond acceptors (Lipinski definition) is 3. The average Bonchev–Trinajstić information content (AvgIpc) is 2.61. The summed E-state index contributed by atoms with van der Waals surface area (Å²) in [6, 6.07) is 18.0. The van der Waals surface area contributed by atoms with Gasteiger partial charge in [0.05, 0.1) is 11.6 Å². The maximum absolute atomic E-state index is 9.34. The molecule has 0 aliphatic heterocycles. The summed E-state index contributed by atoms with van der Waals surface area (Å²) in [5.41, 5.74) is 2.79. The second kappa shape index (κ2) is 9.97. The number of hydrogen-bond donors (Lipinski definition) is 1. The minimum atomic E-state index is 0.665. The van der Waals surface area contributed by atoms with Gasteiger partial charge >= 0.3 is 0 Å².